The van der Waals surface area contributed by atoms with Crippen LogP contribution in [0.4, 0.5) is 4.39 Å². The SMILES string of the molecule is O=C1NCCC12CCCN2S(=O)(=O)c1cc(F)cc(Cl)c1. The van der Waals surface area contributed by atoms with Gasteiger partial charge in [-0.15, -0.1) is 0 Å². The van der Waals surface area contributed by atoms with Gasteiger partial charge >= 0.3 is 0 Å². The maximum Gasteiger partial charge on any atom is 0.244 e. The number of rotatable bonds is 2. The molecule has 1 spiro atoms. The fourth-order valence-corrected chi connectivity index (χ4v) is 5.32. The van der Waals surface area contributed by atoms with Crippen LogP contribution in [0.5, 0.6) is 0 Å². The van der Waals surface area contributed by atoms with Gasteiger partial charge in [0.1, 0.15) is 11.4 Å². The molecule has 2 aliphatic rings. The molecule has 1 atom stereocenters. The fraction of sp³-hybridized carbons (Fsp3) is 0.462. The molecule has 2 fully saturated rings. The van der Waals surface area contributed by atoms with Gasteiger partial charge in [0, 0.05) is 18.1 Å². The quantitative estimate of drug-likeness (QED) is 0.893. The first-order chi connectivity index (χ1) is 9.86. The molecule has 0 saturated carbocycles. The summed E-state index contributed by atoms with van der Waals surface area (Å²) >= 11 is 5.74. The van der Waals surface area contributed by atoms with E-state index in [0.717, 1.165) is 12.1 Å². The van der Waals surface area contributed by atoms with Crippen molar-refractivity contribution in [2.45, 2.75) is 29.7 Å². The summed E-state index contributed by atoms with van der Waals surface area (Å²) in [4.78, 5) is 11.9. The van der Waals surface area contributed by atoms with Crippen molar-refractivity contribution >= 4 is 27.5 Å². The average Bonchev–Trinajstić information content (AvgIpc) is 2.98. The van der Waals surface area contributed by atoms with E-state index in [0.29, 0.717) is 25.8 Å². The number of carbonyl (C=O) groups is 1. The minimum atomic E-state index is -3.96. The number of benzene rings is 1. The number of hydrogen-bond donors (Lipinski definition) is 1. The summed E-state index contributed by atoms with van der Waals surface area (Å²) in [6.07, 6.45) is 1.53. The lowest BCUT2D eigenvalue weighted by molar-refractivity contribution is -0.126. The summed E-state index contributed by atoms with van der Waals surface area (Å²) in [6, 6.07) is 3.18. The highest BCUT2D eigenvalue weighted by molar-refractivity contribution is 7.89. The van der Waals surface area contributed by atoms with Crippen LogP contribution in [0.15, 0.2) is 23.1 Å². The van der Waals surface area contributed by atoms with Gasteiger partial charge in [0.25, 0.3) is 0 Å². The number of nitrogens with one attached hydrogen (secondary N) is 1. The van der Waals surface area contributed by atoms with Crippen molar-refractivity contribution in [3.8, 4) is 0 Å². The molecule has 2 heterocycles. The number of sulfonamides is 1. The summed E-state index contributed by atoms with van der Waals surface area (Å²) in [5.41, 5.74) is -1.03. The third-order valence-electron chi connectivity index (χ3n) is 4.10. The van der Waals surface area contributed by atoms with Crippen LogP contribution in [-0.2, 0) is 14.8 Å². The van der Waals surface area contributed by atoms with Crippen molar-refractivity contribution in [2.24, 2.45) is 0 Å². The topological polar surface area (TPSA) is 66.5 Å². The molecule has 21 heavy (non-hydrogen) atoms. The number of carbonyl (C=O) groups excluding carboxylic acids is 1. The Balaban J connectivity index is 2.07. The largest absolute Gasteiger partial charge is 0.354 e. The second-order valence-electron chi connectivity index (χ2n) is 5.32. The van der Waals surface area contributed by atoms with Gasteiger partial charge in [0.2, 0.25) is 15.9 Å². The number of amides is 1. The molecular weight excluding hydrogens is 319 g/mol. The lowest BCUT2D eigenvalue weighted by atomic mass is 9.96. The molecule has 1 amide bonds. The summed E-state index contributed by atoms with van der Waals surface area (Å²) < 4.78 is 40.2. The molecular formula is C13H14ClFN2O3S. The minimum absolute atomic E-state index is 0.0118. The Morgan fingerprint density at radius 3 is 2.67 bits per heavy atom. The molecule has 8 heteroatoms. The molecule has 5 nitrogen and oxygen atoms in total. The van der Waals surface area contributed by atoms with Gasteiger partial charge in [-0.05, 0) is 37.5 Å². The van der Waals surface area contributed by atoms with E-state index in [-0.39, 0.29) is 22.4 Å². The zero-order valence-electron chi connectivity index (χ0n) is 11.1. The highest BCUT2D eigenvalue weighted by atomic mass is 35.5. The Kier molecular flexibility index (Phi) is 3.46. The van der Waals surface area contributed by atoms with Gasteiger partial charge in [-0.1, -0.05) is 11.6 Å². The molecule has 2 aliphatic heterocycles. The second-order valence-corrected chi connectivity index (χ2v) is 7.62. The summed E-state index contributed by atoms with van der Waals surface area (Å²) in [6.45, 7) is 0.707. The molecule has 1 N–H and O–H groups in total. The van der Waals surface area contributed by atoms with Gasteiger partial charge in [-0.2, -0.15) is 4.31 Å². The van der Waals surface area contributed by atoms with Crippen LogP contribution in [0, 0.1) is 5.82 Å². The molecule has 2 saturated heterocycles. The molecule has 0 radical (unpaired) electrons. The first kappa shape index (κ1) is 14.7. The Labute approximate surface area is 127 Å². The predicted molar refractivity (Wildman–Crippen MR) is 74.9 cm³/mol. The normalized spacial score (nSPS) is 26.5. The number of nitrogens with zero attached hydrogens (tertiary/aromatic N) is 1. The highest BCUT2D eigenvalue weighted by Gasteiger charge is 2.54. The maximum absolute atomic E-state index is 13.4. The van der Waals surface area contributed by atoms with E-state index in [4.69, 9.17) is 11.6 Å². The second kappa shape index (κ2) is 4.93. The summed E-state index contributed by atoms with van der Waals surface area (Å²) in [5, 5.41) is 2.70. The molecule has 114 valence electrons. The zero-order chi connectivity index (χ0) is 15.3. The molecule has 1 aromatic rings. The van der Waals surface area contributed by atoms with E-state index < -0.39 is 21.4 Å². The standard InChI is InChI=1S/C13H14ClFN2O3S/c14-9-6-10(15)8-11(7-9)21(19,20)17-5-1-2-13(17)3-4-16-12(13)18/h6-8H,1-5H2,(H,16,18). The van der Waals surface area contributed by atoms with Crippen molar-refractivity contribution in [1.82, 2.24) is 9.62 Å². The summed E-state index contributed by atoms with van der Waals surface area (Å²) in [5.74, 6) is -0.990. The molecule has 0 aliphatic carbocycles. The van der Waals surface area contributed by atoms with Gasteiger partial charge < -0.3 is 5.32 Å². The molecule has 1 unspecified atom stereocenters. The van der Waals surface area contributed by atoms with Gasteiger partial charge in [0.05, 0.1) is 4.90 Å². The van der Waals surface area contributed by atoms with Crippen LogP contribution in [0.1, 0.15) is 19.3 Å². The summed E-state index contributed by atoms with van der Waals surface area (Å²) in [7, 11) is -3.96. The van der Waals surface area contributed by atoms with Crippen molar-refractivity contribution in [1.29, 1.82) is 0 Å². The Hall–Kier alpha value is -1.18. The van der Waals surface area contributed by atoms with Crippen LogP contribution < -0.4 is 5.32 Å². The predicted octanol–water partition coefficient (Wildman–Crippen LogP) is 1.52. The molecule has 0 bridgehead atoms. The number of halogens is 2. The van der Waals surface area contributed by atoms with Crippen molar-refractivity contribution < 1.29 is 17.6 Å². The van der Waals surface area contributed by atoms with Crippen LogP contribution in [0.3, 0.4) is 0 Å². The van der Waals surface area contributed by atoms with E-state index in [9.17, 15) is 17.6 Å². The lowest BCUT2D eigenvalue weighted by Gasteiger charge is -2.31. The van der Waals surface area contributed by atoms with E-state index in [1.54, 1.807) is 0 Å². The minimum Gasteiger partial charge on any atom is -0.354 e. The van der Waals surface area contributed by atoms with Crippen LogP contribution in [-0.4, -0.2) is 37.3 Å². The fourth-order valence-electron chi connectivity index (χ4n) is 3.15. The molecule has 1 aromatic carbocycles. The third kappa shape index (κ3) is 2.23. The first-order valence-corrected chi connectivity index (χ1v) is 8.45. The molecule has 0 aromatic heterocycles. The Morgan fingerprint density at radius 1 is 1.29 bits per heavy atom. The smallest absolute Gasteiger partial charge is 0.244 e. The van der Waals surface area contributed by atoms with Crippen LogP contribution >= 0.6 is 11.6 Å². The van der Waals surface area contributed by atoms with Crippen molar-refractivity contribution in [2.75, 3.05) is 13.1 Å². The van der Waals surface area contributed by atoms with E-state index in [1.165, 1.54) is 10.4 Å². The van der Waals surface area contributed by atoms with E-state index >= 15 is 0 Å². The monoisotopic (exact) mass is 332 g/mol. The average molecular weight is 333 g/mol. The zero-order valence-corrected chi connectivity index (χ0v) is 12.7. The van der Waals surface area contributed by atoms with Crippen molar-refractivity contribution in [3.05, 3.63) is 29.0 Å². The maximum atomic E-state index is 13.4. The van der Waals surface area contributed by atoms with Crippen LogP contribution in [0.2, 0.25) is 5.02 Å². The van der Waals surface area contributed by atoms with Gasteiger partial charge in [-0.25, -0.2) is 12.8 Å². The van der Waals surface area contributed by atoms with Gasteiger partial charge in [0.15, 0.2) is 0 Å². The highest BCUT2D eigenvalue weighted by Crippen LogP contribution is 2.39. The van der Waals surface area contributed by atoms with E-state index in [2.05, 4.69) is 5.32 Å². The van der Waals surface area contributed by atoms with Crippen LogP contribution in [0.25, 0.3) is 0 Å². The number of hydrogen-bond acceptors (Lipinski definition) is 3. The van der Waals surface area contributed by atoms with Crippen molar-refractivity contribution in [3.63, 3.8) is 0 Å². The first-order valence-electron chi connectivity index (χ1n) is 6.63. The Morgan fingerprint density at radius 2 is 2.05 bits per heavy atom. The third-order valence-corrected chi connectivity index (χ3v) is 6.26. The van der Waals surface area contributed by atoms with E-state index in [1.807, 2.05) is 0 Å². The van der Waals surface area contributed by atoms with Gasteiger partial charge in [-0.3, -0.25) is 4.79 Å². The molecule has 3 rings (SSSR count). The Bertz CT molecular complexity index is 685. The lowest BCUT2D eigenvalue weighted by Crippen LogP contribution is -2.52.